The molecule has 1 heterocycles. The molecule has 12 heavy (non-hydrogen) atoms. The number of carbonyl (C=O) groups excluding carboxylic acids is 1. The van der Waals surface area contributed by atoms with Crippen LogP contribution in [-0.4, -0.2) is 55.6 Å². The van der Waals surface area contributed by atoms with Crippen molar-refractivity contribution in [2.75, 3.05) is 33.7 Å². The molecule has 0 saturated carbocycles. The second-order valence-electron chi connectivity index (χ2n) is 3.48. The van der Waals surface area contributed by atoms with Crippen LogP contribution >= 0.6 is 0 Å². The fourth-order valence-corrected chi connectivity index (χ4v) is 1.39. The number of rotatable bonds is 0. The first-order chi connectivity index (χ1) is 5.61. The second kappa shape index (κ2) is 3.76. The lowest BCUT2D eigenvalue weighted by molar-refractivity contribution is 0.155. The van der Waals surface area contributed by atoms with Crippen LogP contribution in [0.5, 0.6) is 0 Å². The molecule has 0 aliphatic carbocycles. The van der Waals surface area contributed by atoms with Crippen molar-refractivity contribution in [2.45, 2.75) is 13.0 Å². The molecule has 1 rings (SSSR count). The van der Waals surface area contributed by atoms with Crippen LogP contribution in [0.25, 0.3) is 0 Å². The Labute approximate surface area is 73.5 Å². The lowest BCUT2D eigenvalue weighted by Gasteiger charge is -2.33. The lowest BCUT2D eigenvalue weighted by Crippen LogP contribution is -2.53. The molecular weight excluding hydrogens is 154 g/mol. The summed E-state index contributed by atoms with van der Waals surface area (Å²) in [6.07, 6.45) is 0. The molecule has 0 aromatic carbocycles. The highest BCUT2D eigenvalue weighted by atomic mass is 16.2. The van der Waals surface area contributed by atoms with E-state index in [1.807, 2.05) is 4.90 Å². The minimum atomic E-state index is 0.114. The van der Waals surface area contributed by atoms with Crippen LogP contribution < -0.4 is 5.32 Å². The van der Waals surface area contributed by atoms with E-state index in [2.05, 4.69) is 12.2 Å². The van der Waals surface area contributed by atoms with Gasteiger partial charge in [0.05, 0.1) is 0 Å². The summed E-state index contributed by atoms with van der Waals surface area (Å²) in [6, 6.07) is 0.533. The molecule has 2 amide bonds. The van der Waals surface area contributed by atoms with E-state index in [0.717, 1.165) is 19.6 Å². The van der Waals surface area contributed by atoms with Crippen molar-refractivity contribution in [1.29, 1.82) is 0 Å². The molecular formula is C8H17N3O. The van der Waals surface area contributed by atoms with Crippen LogP contribution in [0.4, 0.5) is 4.79 Å². The Balaban J connectivity index is 2.46. The summed E-state index contributed by atoms with van der Waals surface area (Å²) in [4.78, 5) is 15.0. The molecule has 4 nitrogen and oxygen atoms in total. The first-order valence-corrected chi connectivity index (χ1v) is 4.31. The summed E-state index contributed by atoms with van der Waals surface area (Å²) in [6.45, 7) is 4.63. The largest absolute Gasteiger partial charge is 0.331 e. The van der Waals surface area contributed by atoms with Gasteiger partial charge in [0, 0.05) is 39.8 Å². The molecule has 70 valence electrons. The smallest absolute Gasteiger partial charge is 0.319 e. The average molecular weight is 171 g/mol. The predicted octanol–water partition coefficient (Wildman–Crippen LogP) is -0.0383. The van der Waals surface area contributed by atoms with Gasteiger partial charge in [-0.05, 0) is 6.92 Å². The maximum absolute atomic E-state index is 11.5. The number of carbonyl (C=O) groups is 1. The van der Waals surface area contributed by atoms with Gasteiger partial charge in [0.25, 0.3) is 0 Å². The molecule has 1 saturated heterocycles. The molecule has 0 radical (unpaired) electrons. The minimum absolute atomic E-state index is 0.114. The normalized spacial score (nSPS) is 23.9. The molecule has 0 spiro atoms. The number of nitrogens with one attached hydrogen (secondary N) is 1. The third kappa shape index (κ3) is 2.11. The van der Waals surface area contributed by atoms with Crippen LogP contribution in [0.15, 0.2) is 0 Å². The number of amides is 2. The van der Waals surface area contributed by atoms with Crippen LogP contribution in [0.3, 0.4) is 0 Å². The van der Waals surface area contributed by atoms with Gasteiger partial charge in [-0.3, -0.25) is 0 Å². The van der Waals surface area contributed by atoms with Crippen molar-refractivity contribution in [1.82, 2.24) is 15.1 Å². The maximum Gasteiger partial charge on any atom is 0.319 e. The zero-order valence-corrected chi connectivity index (χ0v) is 8.00. The Morgan fingerprint density at radius 1 is 1.58 bits per heavy atom. The van der Waals surface area contributed by atoms with Gasteiger partial charge in [0.15, 0.2) is 0 Å². The molecule has 4 heteroatoms. The topological polar surface area (TPSA) is 35.6 Å². The Morgan fingerprint density at radius 2 is 2.25 bits per heavy atom. The van der Waals surface area contributed by atoms with Crippen LogP contribution in [-0.2, 0) is 0 Å². The van der Waals surface area contributed by atoms with Gasteiger partial charge in [0.1, 0.15) is 0 Å². The highest BCUT2D eigenvalue weighted by Crippen LogP contribution is 2.00. The third-order valence-corrected chi connectivity index (χ3v) is 2.02. The molecule has 1 fully saturated rings. The zero-order valence-electron chi connectivity index (χ0n) is 8.00. The fraction of sp³-hybridized carbons (Fsp3) is 0.875. The summed E-state index contributed by atoms with van der Waals surface area (Å²) in [7, 11) is 3.57. The van der Waals surface area contributed by atoms with E-state index in [9.17, 15) is 4.79 Å². The molecule has 1 N–H and O–H groups in total. The van der Waals surface area contributed by atoms with Gasteiger partial charge in [-0.25, -0.2) is 4.79 Å². The minimum Gasteiger partial charge on any atom is -0.331 e. The molecule has 0 aromatic rings. The highest BCUT2D eigenvalue weighted by molar-refractivity contribution is 5.73. The van der Waals surface area contributed by atoms with Gasteiger partial charge in [-0.1, -0.05) is 0 Å². The SMILES string of the molecule is C[C@H]1CN(C(=O)N(C)C)CCN1. The Bertz CT molecular complexity index is 170. The van der Waals surface area contributed by atoms with Crippen molar-refractivity contribution in [3.8, 4) is 0 Å². The van der Waals surface area contributed by atoms with Gasteiger partial charge in [-0.2, -0.15) is 0 Å². The van der Waals surface area contributed by atoms with Crippen molar-refractivity contribution < 1.29 is 4.79 Å². The number of urea groups is 1. The summed E-state index contributed by atoms with van der Waals surface area (Å²) in [5.41, 5.74) is 0. The van der Waals surface area contributed by atoms with Crippen LogP contribution in [0.2, 0.25) is 0 Å². The van der Waals surface area contributed by atoms with E-state index in [0.29, 0.717) is 6.04 Å². The van der Waals surface area contributed by atoms with Gasteiger partial charge in [0.2, 0.25) is 0 Å². The third-order valence-electron chi connectivity index (χ3n) is 2.02. The first-order valence-electron chi connectivity index (χ1n) is 4.31. The van der Waals surface area contributed by atoms with Gasteiger partial charge in [-0.15, -0.1) is 0 Å². The molecule has 1 aliphatic heterocycles. The van der Waals surface area contributed by atoms with Crippen molar-refractivity contribution in [2.24, 2.45) is 0 Å². The quantitative estimate of drug-likeness (QED) is 0.555. The standard InChI is InChI=1S/C8H17N3O/c1-7-6-11(5-4-9-7)8(12)10(2)3/h7,9H,4-6H2,1-3H3/t7-/m0/s1. The number of hydrogen-bond acceptors (Lipinski definition) is 2. The van der Waals surface area contributed by atoms with Crippen molar-refractivity contribution in [3.05, 3.63) is 0 Å². The number of nitrogens with zero attached hydrogens (tertiary/aromatic N) is 2. The van der Waals surface area contributed by atoms with Crippen LogP contribution in [0.1, 0.15) is 6.92 Å². The van der Waals surface area contributed by atoms with E-state index in [-0.39, 0.29) is 6.03 Å². The van der Waals surface area contributed by atoms with E-state index in [1.54, 1.807) is 19.0 Å². The van der Waals surface area contributed by atoms with Crippen LogP contribution in [0, 0.1) is 0 Å². The molecule has 1 atom stereocenters. The van der Waals surface area contributed by atoms with E-state index in [1.165, 1.54) is 0 Å². The summed E-state index contributed by atoms with van der Waals surface area (Å²) >= 11 is 0. The highest BCUT2D eigenvalue weighted by Gasteiger charge is 2.20. The second-order valence-corrected chi connectivity index (χ2v) is 3.48. The predicted molar refractivity (Wildman–Crippen MR) is 48.1 cm³/mol. The van der Waals surface area contributed by atoms with E-state index in [4.69, 9.17) is 0 Å². The summed E-state index contributed by atoms with van der Waals surface area (Å²) in [5, 5.41) is 3.29. The fourth-order valence-electron chi connectivity index (χ4n) is 1.39. The monoisotopic (exact) mass is 171 g/mol. The summed E-state index contributed by atoms with van der Waals surface area (Å²) < 4.78 is 0. The average Bonchev–Trinajstić information content (AvgIpc) is 2.03. The van der Waals surface area contributed by atoms with Crippen molar-refractivity contribution >= 4 is 6.03 Å². The van der Waals surface area contributed by atoms with Crippen molar-refractivity contribution in [3.63, 3.8) is 0 Å². The number of hydrogen-bond donors (Lipinski definition) is 1. The number of piperazine rings is 1. The molecule has 0 bridgehead atoms. The maximum atomic E-state index is 11.5. The van der Waals surface area contributed by atoms with E-state index >= 15 is 0 Å². The first kappa shape index (κ1) is 9.32. The Hall–Kier alpha value is -0.770. The zero-order chi connectivity index (χ0) is 9.14. The van der Waals surface area contributed by atoms with E-state index < -0.39 is 0 Å². The lowest BCUT2D eigenvalue weighted by atomic mass is 10.2. The summed E-state index contributed by atoms with van der Waals surface area (Å²) in [5.74, 6) is 0. The molecule has 0 aromatic heterocycles. The molecule has 0 unspecified atom stereocenters. The van der Waals surface area contributed by atoms with Gasteiger partial charge >= 0.3 is 6.03 Å². The Morgan fingerprint density at radius 3 is 2.75 bits per heavy atom. The Kier molecular flexibility index (Phi) is 2.92. The van der Waals surface area contributed by atoms with Gasteiger partial charge < -0.3 is 15.1 Å². The molecule has 1 aliphatic rings.